The van der Waals surface area contributed by atoms with Gasteiger partial charge in [-0.3, -0.25) is 8.98 Å². The number of carbonyl (C=O) groups is 1. The first-order valence-electron chi connectivity index (χ1n) is 6.10. The molecule has 0 N–H and O–H groups in total. The van der Waals surface area contributed by atoms with Crippen LogP contribution < -0.4 is 0 Å². The number of unbranched alkanes of at least 4 members (excludes halogenated alkanes) is 2. The number of carbonyl (C=O) groups excluding carboxylic acids is 1. The first-order chi connectivity index (χ1) is 9.02. The predicted molar refractivity (Wildman–Crippen MR) is 76.7 cm³/mol. The van der Waals surface area contributed by atoms with Crippen LogP contribution in [-0.4, -0.2) is 23.4 Å². The summed E-state index contributed by atoms with van der Waals surface area (Å²) >= 11 is 4.98. The average molecular weight is 302 g/mol. The Labute approximate surface area is 119 Å². The summed E-state index contributed by atoms with van der Waals surface area (Å²) in [4.78, 5) is 11.1. The summed E-state index contributed by atoms with van der Waals surface area (Å²) in [5.74, 6) is -0.270. The Morgan fingerprint density at radius 3 is 2.42 bits per heavy atom. The van der Waals surface area contributed by atoms with E-state index in [4.69, 9.17) is 20.1 Å². The number of rotatable bonds is 8. The van der Waals surface area contributed by atoms with Gasteiger partial charge in [-0.05, 0) is 31.4 Å². The lowest BCUT2D eigenvalue weighted by Crippen LogP contribution is -2.06. The van der Waals surface area contributed by atoms with Gasteiger partial charge >= 0.3 is 5.97 Å². The van der Waals surface area contributed by atoms with Gasteiger partial charge in [0.25, 0.3) is 0 Å². The Hall–Kier alpha value is -0.980. The van der Waals surface area contributed by atoms with E-state index >= 15 is 0 Å². The minimum Gasteiger partial charge on any atom is -0.466 e. The van der Waals surface area contributed by atoms with E-state index in [0.717, 1.165) is 19.3 Å². The number of benzene rings is 1. The zero-order valence-electron chi connectivity index (χ0n) is 10.9. The van der Waals surface area contributed by atoms with Crippen LogP contribution in [0.2, 0.25) is 0 Å². The van der Waals surface area contributed by atoms with E-state index in [-0.39, 0.29) is 5.97 Å². The van der Waals surface area contributed by atoms with E-state index in [1.165, 1.54) is 6.92 Å². The monoisotopic (exact) mass is 302 g/mol. The van der Waals surface area contributed by atoms with Crippen molar-refractivity contribution in [1.29, 1.82) is 0 Å². The average Bonchev–Trinajstić information content (AvgIpc) is 2.38. The second-order valence-electron chi connectivity index (χ2n) is 3.99. The molecule has 1 atom stereocenters. The van der Waals surface area contributed by atoms with E-state index in [2.05, 4.69) is 0 Å². The van der Waals surface area contributed by atoms with Gasteiger partial charge in [-0.2, -0.15) is 0 Å². The lowest BCUT2D eigenvalue weighted by Gasteiger charge is -2.08. The third-order valence-electron chi connectivity index (χ3n) is 2.36. The van der Waals surface area contributed by atoms with Crippen LogP contribution in [0.4, 0.5) is 0 Å². The van der Waals surface area contributed by atoms with Crippen LogP contribution >= 0.6 is 0 Å². The van der Waals surface area contributed by atoms with Crippen LogP contribution in [0.25, 0.3) is 0 Å². The number of hydrogen-bond acceptors (Lipinski definition) is 5. The Balaban J connectivity index is 2.21. The fourth-order valence-corrected chi connectivity index (χ4v) is 2.92. The standard InChI is InChI=1S/C13H18O4S2/c1-12(14)16-10-6-3-7-11-17-19(15,18)13-8-4-2-5-9-13/h2,4-5,8-9H,3,6-7,10-11H2,1H3. The molecule has 1 unspecified atom stereocenters. The highest BCUT2D eigenvalue weighted by atomic mass is 32.8. The molecule has 0 aromatic heterocycles. The molecule has 0 radical (unpaired) electrons. The van der Waals surface area contributed by atoms with Gasteiger partial charge in [-0.15, -0.1) is 0 Å². The highest BCUT2D eigenvalue weighted by Gasteiger charge is 2.09. The molecule has 106 valence electrons. The second-order valence-corrected chi connectivity index (χ2v) is 6.92. The summed E-state index contributed by atoms with van der Waals surface area (Å²) < 4.78 is 22.2. The summed E-state index contributed by atoms with van der Waals surface area (Å²) in [5.41, 5.74) is 0. The van der Waals surface area contributed by atoms with Gasteiger partial charge in [0.15, 0.2) is 8.77 Å². The molecule has 0 heterocycles. The van der Waals surface area contributed by atoms with Gasteiger partial charge in [0.05, 0.1) is 18.1 Å². The lowest BCUT2D eigenvalue weighted by molar-refractivity contribution is -0.141. The highest BCUT2D eigenvalue weighted by Crippen LogP contribution is 2.12. The zero-order valence-corrected chi connectivity index (χ0v) is 12.5. The summed E-state index contributed by atoms with van der Waals surface area (Å²) in [7, 11) is -2.82. The van der Waals surface area contributed by atoms with Gasteiger partial charge in [-0.1, -0.05) is 18.2 Å². The van der Waals surface area contributed by atoms with Gasteiger partial charge in [0.2, 0.25) is 0 Å². The Morgan fingerprint density at radius 1 is 1.16 bits per heavy atom. The molecule has 19 heavy (non-hydrogen) atoms. The van der Waals surface area contributed by atoms with Crippen molar-refractivity contribution < 1.29 is 17.9 Å². The maximum atomic E-state index is 12.1. The lowest BCUT2D eigenvalue weighted by atomic mass is 10.2. The maximum Gasteiger partial charge on any atom is 0.302 e. The fourth-order valence-electron chi connectivity index (χ4n) is 1.42. The van der Waals surface area contributed by atoms with Gasteiger partial charge in [-0.25, -0.2) is 4.21 Å². The fraction of sp³-hybridized carbons (Fsp3) is 0.462. The van der Waals surface area contributed by atoms with E-state index in [9.17, 15) is 9.00 Å². The molecule has 1 rings (SSSR count). The Bertz CT molecular complexity index is 483. The van der Waals surface area contributed by atoms with E-state index in [1.807, 2.05) is 6.07 Å². The van der Waals surface area contributed by atoms with Gasteiger partial charge in [0, 0.05) is 18.1 Å². The highest BCUT2D eigenvalue weighted by molar-refractivity contribution is 8.30. The molecule has 6 heteroatoms. The van der Waals surface area contributed by atoms with E-state index < -0.39 is 8.77 Å². The number of ether oxygens (including phenoxy) is 1. The van der Waals surface area contributed by atoms with Crippen LogP contribution in [0.1, 0.15) is 26.2 Å². The van der Waals surface area contributed by atoms with E-state index in [0.29, 0.717) is 18.1 Å². The zero-order chi connectivity index (χ0) is 14.1. The van der Waals surface area contributed by atoms with Crippen molar-refractivity contribution in [3.8, 4) is 0 Å². The van der Waals surface area contributed by atoms with Crippen LogP contribution in [0.3, 0.4) is 0 Å². The molecule has 0 bridgehead atoms. The quantitative estimate of drug-likeness (QED) is 0.545. The SMILES string of the molecule is CC(=O)OCCCCCOS(=O)(=S)c1ccccc1. The minimum atomic E-state index is -2.82. The summed E-state index contributed by atoms with van der Waals surface area (Å²) in [5, 5.41) is 0. The Kier molecular flexibility index (Phi) is 6.97. The Morgan fingerprint density at radius 2 is 1.79 bits per heavy atom. The molecule has 0 aliphatic heterocycles. The van der Waals surface area contributed by atoms with Crippen molar-refractivity contribution in [2.24, 2.45) is 0 Å². The molecule has 1 aromatic carbocycles. The molecular formula is C13H18O4S2. The topological polar surface area (TPSA) is 52.6 Å². The molecule has 0 fully saturated rings. The molecule has 1 aromatic rings. The van der Waals surface area contributed by atoms with Crippen LogP contribution in [0.5, 0.6) is 0 Å². The molecule has 0 aliphatic carbocycles. The molecular weight excluding hydrogens is 284 g/mol. The van der Waals surface area contributed by atoms with Crippen LogP contribution in [0, 0.1) is 0 Å². The van der Waals surface area contributed by atoms with Crippen molar-refractivity contribution in [2.45, 2.75) is 31.1 Å². The van der Waals surface area contributed by atoms with Crippen LogP contribution in [0.15, 0.2) is 35.2 Å². The van der Waals surface area contributed by atoms with Crippen molar-refractivity contribution in [2.75, 3.05) is 13.2 Å². The number of hydrogen-bond donors (Lipinski definition) is 0. The maximum absolute atomic E-state index is 12.1. The van der Waals surface area contributed by atoms with Crippen molar-refractivity contribution in [3.63, 3.8) is 0 Å². The molecule has 0 saturated carbocycles. The summed E-state index contributed by atoms with van der Waals surface area (Å²) in [6.45, 7) is 2.14. The van der Waals surface area contributed by atoms with Gasteiger partial charge in [0.1, 0.15) is 0 Å². The normalized spacial score (nSPS) is 13.7. The van der Waals surface area contributed by atoms with Crippen LogP contribution in [-0.2, 0) is 33.7 Å². The van der Waals surface area contributed by atoms with E-state index in [1.54, 1.807) is 24.3 Å². The molecule has 0 saturated heterocycles. The van der Waals surface area contributed by atoms with Crippen molar-refractivity contribution >= 4 is 25.9 Å². The molecule has 4 nitrogen and oxygen atoms in total. The van der Waals surface area contributed by atoms with Crippen molar-refractivity contribution in [3.05, 3.63) is 30.3 Å². The van der Waals surface area contributed by atoms with Crippen molar-refractivity contribution in [1.82, 2.24) is 0 Å². The molecule has 0 spiro atoms. The largest absolute Gasteiger partial charge is 0.466 e. The predicted octanol–water partition coefficient (Wildman–Crippen LogP) is 2.46. The number of esters is 1. The molecule has 0 amide bonds. The second kappa shape index (κ2) is 8.24. The first kappa shape index (κ1) is 16.1. The third-order valence-corrected chi connectivity index (χ3v) is 4.56. The summed E-state index contributed by atoms with van der Waals surface area (Å²) in [6, 6.07) is 8.81. The molecule has 0 aliphatic rings. The first-order valence-corrected chi connectivity index (χ1v) is 8.51. The smallest absolute Gasteiger partial charge is 0.302 e. The minimum absolute atomic E-state index is 0.270. The third kappa shape index (κ3) is 6.66. The van der Waals surface area contributed by atoms with Gasteiger partial charge < -0.3 is 4.74 Å². The summed E-state index contributed by atoms with van der Waals surface area (Å²) in [6.07, 6.45) is 2.35.